The van der Waals surface area contributed by atoms with Crippen molar-refractivity contribution in [1.82, 2.24) is 5.43 Å². The monoisotopic (exact) mass is 578 g/mol. The molecule has 1 N–H and O–H groups in total. The predicted molar refractivity (Wildman–Crippen MR) is 130 cm³/mol. The minimum atomic E-state index is -4.46. The third kappa shape index (κ3) is 6.19. The lowest BCUT2D eigenvalue weighted by Crippen LogP contribution is -2.17. The van der Waals surface area contributed by atoms with Gasteiger partial charge in [0.15, 0.2) is 11.5 Å². The van der Waals surface area contributed by atoms with Crippen LogP contribution < -0.4 is 14.3 Å². The second kappa shape index (κ2) is 10.9. The van der Waals surface area contributed by atoms with E-state index in [1.165, 1.54) is 49.7 Å². The van der Waals surface area contributed by atoms with Crippen LogP contribution >= 0.6 is 15.9 Å². The molecule has 0 fully saturated rings. The third-order valence-electron chi connectivity index (χ3n) is 4.46. The first kappa shape index (κ1) is 26.2. The molecule has 3 rings (SSSR count). The van der Waals surface area contributed by atoms with E-state index in [0.717, 1.165) is 24.3 Å². The smallest absolute Gasteiger partial charge is 0.339 e. The van der Waals surface area contributed by atoms with Crippen LogP contribution in [0.3, 0.4) is 0 Å². The van der Waals surface area contributed by atoms with Gasteiger partial charge in [0.1, 0.15) is 4.90 Å². The van der Waals surface area contributed by atoms with Gasteiger partial charge in [-0.25, -0.2) is 5.43 Å². The van der Waals surface area contributed by atoms with Gasteiger partial charge in [-0.2, -0.15) is 13.5 Å². The maximum Gasteiger partial charge on any atom is 0.339 e. The van der Waals surface area contributed by atoms with E-state index in [-0.39, 0.29) is 27.2 Å². The highest BCUT2D eigenvalue weighted by Gasteiger charge is 2.24. The molecule has 0 saturated carbocycles. The first-order chi connectivity index (χ1) is 17.0. The minimum absolute atomic E-state index is 0.0233. The zero-order chi connectivity index (χ0) is 26.5. The van der Waals surface area contributed by atoms with Crippen molar-refractivity contribution in [3.8, 4) is 11.5 Å². The van der Waals surface area contributed by atoms with Crippen LogP contribution in [-0.2, 0) is 10.1 Å². The molecule has 1 amide bonds. The van der Waals surface area contributed by atoms with Gasteiger partial charge in [-0.05, 0) is 45.8 Å². The average molecular weight is 579 g/mol. The molecule has 36 heavy (non-hydrogen) atoms. The molecule has 0 radical (unpaired) electrons. The van der Waals surface area contributed by atoms with Crippen molar-refractivity contribution in [2.24, 2.45) is 5.10 Å². The number of amides is 1. The summed E-state index contributed by atoms with van der Waals surface area (Å²) in [6.45, 7) is 0. The lowest BCUT2D eigenvalue weighted by Gasteiger charge is -2.13. The van der Waals surface area contributed by atoms with E-state index in [4.69, 9.17) is 8.92 Å². The Morgan fingerprint density at radius 3 is 2.31 bits per heavy atom. The standard InChI is InChI=1S/C21H15BrN4O9S/c1-34-19-9-13(12-23-24-21(27)14-4-2-5-15(10-14)25(28)29)8-18(22)20(19)35-36(32,33)17-7-3-6-16(11-17)26(30)31/h2-12H,1H3,(H,24,27)/b23-12-. The number of nitro groups is 2. The summed E-state index contributed by atoms with van der Waals surface area (Å²) in [5.41, 5.74) is 1.93. The number of non-ortho nitro benzene ring substituents is 2. The molecule has 0 unspecified atom stereocenters. The van der Waals surface area contributed by atoms with Gasteiger partial charge in [0.2, 0.25) is 0 Å². The van der Waals surface area contributed by atoms with Gasteiger partial charge in [-0.3, -0.25) is 25.0 Å². The Hall–Kier alpha value is -4.37. The fraction of sp³-hybridized carbons (Fsp3) is 0.0476. The highest BCUT2D eigenvalue weighted by atomic mass is 79.9. The lowest BCUT2D eigenvalue weighted by atomic mass is 10.2. The number of ether oxygens (including phenoxy) is 1. The van der Waals surface area contributed by atoms with E-state index >= 15 is 0 Å². The molecule has 0 bridgehead atoms. The zero-order valence-corrected chi connectivity index (χ0v) is 20.6. The van der Waals surface area contributed by atoms with Crippen LogP contribution in [0.5, 0.6) is 11.5 Å². The van der Waals surface area contributed by atoms with Crippen molar-refractivity contribution < 1.29 is 32.0 Å². The third-order valence-corrected chi connectivity index (χ3v) is 6.27. The number of nitrogens with one attached hydrogen (secondary N) is 1. The summed E-state index contributed by atoms with van der Waals surface area (Å²) in [4.78, 5) is 32.2. The largest absolute Gasteiger partial charge is 0.493 e. The average Bonchev–Trinajstić information content (AvgIpc) is 2.85. The van der Waals surface area contributed by atoms with E-state index in [1.54, 1.807) is 0 Å². The Morgan fingerprint density at radius 1 is 1.03 bits per heavy atom. The maximum atomic E-state index is 12.7. The fourth-order valence-corrected chi connectivity index (χ4v) is 4.44. The Labute approximate surface area is 211 Å². The number of methoxy groups -OCH3 is 1. The van der Waals surface area contributed by atoms with Crippen LogP contribution in [0.15, 0.2) is 75.1 Å². The van der Waals surface area contributed by atoms with Crippen molar-refractivity contribution in [3.05, 3.63) is 96.5 Å². The molecule has 0 aromatic heterocycles. The number of rotatable bonds is 9. The summed E-state index contributed by atoms with van der Waals surface area (Å²) < 4.78 is 35.9. The van der Waals surface area contributed by atoms with Gasteiger partial charge in [0.25, 0.3) is 17.3 Å². The predicted octanol–water partition coefficient (Wildman–Crippen LogP) is 3.81. The van der Waals surface area contributed by atoms with Crippen LogP contribution in [0, 0.1) is 20.2 Å². The number of carbonyl (C=O) groups is 1. The molecule has 0 aliphatic heterocycles. The van der Waals surface area contributed by atoms with E-state index in [1.807, 2.05) is 0 Å². The number of hydrogen-bond acceptors (Lipinski definition) is 10. The van der Waals surface area contributed by atoms with Gasteiger partial charge >= 0.3 is 10.1 Å². The highest BCUT2D eigenvalue weighted by molar-refractivity contribution is 9.10. The van der Waals surface area contributed by atoms with Gasteiger partial charge in [-0.15, -0.1) is 0 Å². The topological polar surface area (TPSA) is 180 Å². The Morgan fingerprint density at radius 2 is 1.67 bits per heavy atom. The molecule has 0 spiro atoms. The Kier molecular flexibility index (Phi) is 7.96. The normalized spacial score (nSPS) is 11.2. The maximum absolute atomic E-state index is 12.7. The van der Waals surface area contributed by atoms with Gasteiger partial charge in [0, 0.05) is 29.8 Å². The molecular formula is C21H15BrN4O9S. The number of nitrogens with zero attached hydrogens (tertiary/aromatic N) is 3. The van der Waals surface area contributed by atoms with Gasteiger partial charge in [-0.1, -0.05) is 12.1 Å². The van der Waals surface area contributed by atoms with E-state index in [2.05, 4.69) is 26.5 Å². The van der Waals surface area contributed by atoms with Crippen LogP contribution in [0.4, 0.5) is 11.4 Å². The number of nitro benzene ring substituents is 2. The van der Waals surface area contributed by atoms with E-state index < -0.39 is 36.5 Å². The summed E-state index contributed by atoms with van der Waals surface area (Å²) in [5.74, 6) is -0.935. The SMILES string of the molecule is COc1cc(/C=N\NC(=O)c2cccc([N+](=O)[O-])c2)cc(Br)c1OS(=O)(=O)c1cccc([N+](=O)[O-])c1. The first-order valence-corrected chi connectivity index (χ1v) is 11.9. The molecule has 3 aromatic carbocycles. The number of hydrazone groups is 1. The Balaban J connectivity index is 1.81. The first-order valence-electron chi connectivity index (χ1n) is 9.66. The summed E-state index contributed by atoms with van der Waals surface area (Å²) in [5, 5.41) is 25.6. The van der Waals surface area contributed by atoms with Crippen LogP contribution in [0.25, 0.3) is 0 Å². The number of benzene rings is 3. The number of carbonyl (C=O) groups excluding carboxylic acids is 1. The van der Waals surface area contributed by atoms with Crippen LogP contribution in [-0.4, -0.2) is 37.5 Å². The number of hydrogen-bond donors (Lipinski definition) is 1. The fourth-order valence-electron chi connectivity index (χ4n) is 2.80. The van der Waals surface area contributed by atoms with Crippen molar-refractivity contribution in [2.75, 3.05) is 7.11 Å². The molecule has 0 aliphatic rings. The zero-order valence-electron chi connectivity index (χ0n) is 18.2. The van der Waals surface area contributed by atoms with Crippen molar-refractivity contribution in [2.45, 2.75) is 4.90 Å². The highest BCUT2D eigenvalue weighted by Crippen LogP contribution is 2.38. The second-order valence-corrected chi connectivity index (χ2v) is 9.23. The van der Waals surface area contributed by atoms with Crippen molar-refractivity contribution in [3.63, 3.8) is 0 Å². The second-order valence-electron chi connectivity index (χ2n) is 6.83. The van der Waals surface area contributed by atoms with Crippen molar-refractivity contribution in [1.29, 1.82) is 0 Å². The molecule has 186 valence electrons. The number of halogens is 1. The van der Waals surface area contributed by atoms with E-state index in [0.29, 0.717) is 5.56 Å². The molecule has 3 aromatic rings. The molecule has 0 atom stereocenters. The summed E-state index contributed by atoms with van der Waals surface area (Å²) in [7, 11) is -3.20. The summed E-state index contributed by atoms with van der Waals surface area (Å²) >= 11 is 3.19. The summed E-state index contributed by atoms with van der Waals surface area (Å²) in [6.07, 6.45) is 1.22. The van der Waals surface area contributed by atoms with Crippen LogP contribution in [0.2, 0.25) is 0 Å². The van der Waals surface area contributed by atoms with Gasteiger partial charge in [0.05, 0.1) is 27.6 Å². The molecule has 15 heteroatoms. The summed E-state index contributed by atoms with van der Waals surface area (Å²) in [6, 6.07) is 12.2. The molecular weight excluding hydrogens is 564 g/mol. The quantitative estimate of drug-likeness (QED) is 0.171. The molecule has 0 saturated heterocycles. The van der Waals surface area contributed by atoms with Crippen molar-refractivity contribution >= 4 is 49.5 Å². The Bertz CT molecular complexity index is 1490. The lowest BCUT2D eigenvalue weighted by molar-refractivity contribution is -0.385. The van der Waals surface area contributed by atoms with E-state index in [9.17, 15) is 33.4 Å². The minimum Gasteiger partial charge on any atom is -0.493 e. The van der Waals surface area contributed by atoms with Gasteiger partial charge < -0.3 is 8.92 Å². The molecule has 13 nitrogen and oxygen atoms in total. The van der Waals surface area contributed by atoms with Crippen LogP contribution in [0.1, 0.15) is 15.9 Å². The molecule has 0 heterocycles. The molecule has 0 aliphatic carbocycles.